The van der Waals surface area contributed by atoms with Gasteiger partial charge in [0.15, 0.2) is 0 Å². The molecule has 0 aliphatic heterocycles. The van der Waals surface area contributed by atoms with Gasteiger partial charge in [-0.2, -0.15) is 5.10 Å². The lowest BCUT2D eigenvalue weighted by Gasteiger charge is -2.06. The van der Waals surface area contributed by atoms with Gasteiger partial charge in [-0.1, -0.05) is 17.7 Å². The fourth-order valence-corrected chi connectivity index (χ4v) is 4.73. The molecule has 0 aromatic carbocycles. The maximum absolute atomic E-state index is 13.1. The van der Waals surface area contributed by atoms with Crippen LogP contribution in [-0.2, 0) is 19.4 Å². The van der Waals surface area contributed by atoms with Gasteiger partial charge in [-0.25, -0.2) is 4.68 Å². The third-order valence-corrected chi connectivity index (χ3v) is 6.66. The van der Waals surface area contributed by atoms with E-state index in [9.17, 15) is 9.59 Å². The summed E-state index contributed by atoms with van der Waals surface area (Å²) in [5, 5.41) is 4.55. The Morgan fingerprint density at radius 2 is 2.03 bits per heavy atom. The summed E-state index contributed by atoms with van der Waals surface area (Å²) in [5.41, 5.74) is 3.12. The lowest BCUT2D eigenvalue weighted by Crippen LogP contribution is -2.19. The van der Waals surface area contributed by atoms with Crippen molar-refractivity contribution < 1.29 is 9.21 Å². The zero-order chi connectivity index (χ0) is 23.5. The average Bonchev–Trinajstić information content (AvgIpc) is 3.60. The second-order valence-corrected chi connectivity index (χ2v) is 9.50. The average molecular weight is 491 g/mol. The van der Waals surface area contributed by atoms with Crippen LogP contribution in [0.1, 0.15) is 26.5 Å². The molecule has 7 nitrogen and oxygen atoms in total. The van der Waals surface area contributed by atoms with Gasteiger partial charge in [-0.3, -0.25) is 14.6 Å². The van der Waals surface area contributed by atoms with Crippen molar-refractivity contribution in [1.82, 2.24) is 19.3 Å². The van der Waals surface area contributed by atoms with Crippen LogP contribution in [0.15, 0.2) is 88.9 Å². The summed E-state index contributed by atoms with van der Waals surface area (Å²) in [5.74, 6) is -0.288. The van der Waals surface area contributed by atoms with E-state index in [0.717, 1.165) is 20.5 Å². The highest BCUT2D eigenvalue weighted by Crippen LogP contribution is 2.24. The predicted molar refractivity (Wildman–Crippen MR) is 130 cm³/mol. The van der Waals surface area contributed by atoms with Gasteiger partial charge in [0, 0.05) is 40.8 Å². The molecule has 0 N–H and O–H groups in total. The molecule has 0 aliphatic rings. The van der Waals surface area contributed by atoms with Crippen LogP contribution >= 0.6 is 22.9 Å². The Labute approximate surface area is 203 Å². The van der Waals surface area contributed by atoms with Gasteiger partial charge in [0.05, 0.1) is 28.4 Å². The van der Waals surface area contributed by atoms with Crippen LogP contribution in [0.2, 0.25) is 4.34 Å². The Hall–Kier alpha value is -3.75. The van der Waals surface area contributed by atoms with Crippen LogP contribution in [0.4, 0.5) is 0 Å². The van der Waals surface area contributed by atoms with E-state index in [1.165, 1.54) is 34.6 Å². The van der Waals surface area contributed by atoms with Crippen LogP contribution in [0, 0.1) is 0 Å². The first kappa shape index (κ1) is 22.1. The molecule has 0 atom stereocenters. The molecular formula is C25H19ClN4O3S. The number of hydrogen-bond donors (Lipinski definition) is 0. The zero-order valence-electron chi connectivity index (χ0n) is 17.9. The summed E-state index contributed by atoms with van der Waals surface area (Å²) >= 11 is 7.57. The van der Waals surface area contributed by atoms with Gasteiger partial charge >= 0.3 is 0 Å². The molecule has 5 aromatic rings. The van der Waals surface area contributed by atoms with Crippen molar-refractivity contribution in [3.63, 3.8) is 0 Å². The monoisotopic (exact) mass is 490 g/mol. The van der Waals surface area contributed by atoms with Gasteiger partial charge in [0.1, 0.15) is 6.26 Å². The lowest BCUT2D eigenvalue weighted by molar-refractivity contribution is 0.0941. The molecule has 9 heteroatoms. The second-order valence-electron chi connectivity index (χ2n) is 7.70. The Balaban J connectivity index is 1.45. The number of nitrogens with zero attached hydrogens (tertiary/aromatic N) is 4. The van der Waals surface area contributed by atoms with Crippen LogP contribution in [0.3, 0.4) is 0 Å². The van der Waals surface area contributed by atoms with E-state index in [1.807, 2.05) is 36.4 Å². The molecule has 0 fully saturated rings. The first-order valence-electron chi connectivity index (χ1n) is 10.6. The number of hydrogen-bond acceptors (Lipinski definition) is 6. The number of carbonyl (C=O) groups is 1. The summed E-state index contributed by atoms with van der Waals surface area (Å²) in [4.78, 5) is 31.0. The number of aryl methyl sites for hydroxylation is 2. The topological polar surface area (TPSA) is 82.9 Å². The SMILES string of the molecule is O=C(c1ccoc1)n1nc(-c2ccn(Cc3cccnc3)c(=O)c2)cc1CCc1ccc(Cl)s1. The van der Waals surface area contributed by atoms with E-state index >= 15 is 0 Å². The van der Waals surface area contributed by atoms with Crippen molar-refractivity contribution >= 4 is 28.8 Å². The van der Waals surface area contributed by atoms with E-state index in [4.69, 9.17) is 16.0 Å². The molecule has 0 saturated carbocycles. The van der Waals surface area contributed by atoms with Crippen LogP contribution in [-0.4, -0.2) is 25.2 Å². The summed E-state index contributed by atoms with van der Waals surface area (Å²) < 4.78 is 8.79. The molecule has 0 spiro atoms. The third-order valence-electron chi connectivity index (χ3n) is 5.37. The van der Waals surface area contributed by atoms with E-state index < -0.39 is 0 Å². The zero-order valence-corrected chi connectivity index (χ0v) is 19.5. The first-order chi connectivity index (χ1) is 16.6. The van der Waals surface area contributed by atoms with Gasteiger partial charge in [-0.15, -0.1) is 11.3 Å². The molecular weight excluding hydrogens is 472 g/mol. The molecule has 0 radical (unpaired) electrons. The highest BCUT2D eigenvalue weighted by molar-refractivity contribution is 7.16. The number of aromatic nitrogens is 4. The summed E-state index contributed by atoms with van der Waals surface area (Å²) in [6.45, 7) is 0.426. The predicted octanol–water partition coefficient (Wildman–Crippen LogP) is 4.94. The van der Waals surface area contributed by atoms with Gasteiger partial charge in [0.2, 0.25) is 0 Å². The smallest absolute Gasteiger partial charge is 0.281 e. The molecule has 0 unspecified atom stereocenters. The Morgan fingerprint density at radius 1 is 1.12 bits per heavy atom. The first-order valence-corrected chi connectivity index (χ1v) is 11.8. The van der Waals surface area contributed by atoms with Crippen LogP contribution in [0.25, 0.3) is 11.3 Å². The number of halogens is 1. The molecule has 0 aliphatic carbocycles. The molecule has 170 valence electrons. The molecule has 34 heavy (non-hydrogen) atoms. The van der Waals surface area contributed by atoms with Crippen molar-refractivity contribution in [3.8, 4) is 11.3 Å². The maximum Gasteiger partial charge on any atom is 0.281 e. The number of pyridine rings is 2. The molecule has 0 saturated heterocycles. The lowest BCUT2D eigenvalue weighted by atomic mass is 10.1. The minimum absolute atomic E-state index is 0.160. The number of thiophene rings is 1. The Kier molecular flexibility index (Phi) is 6.24. The second kappa shape index (κ2) is 9.62. The third kappa shape index (κ3) is 4.78. The normalized spacial score (nSPS) is 11.1. The molecule has 5 heterocycles. The van der Waals surface area contributed by atoms with Gasteiger partial charge in [-0.05, 0) is 54.8 Å². The minimum Gasteiger partial charge on any atom is -0.472 e. The van der Waals surface area contributed by atoms with E-state index in [0.29, 0.717) is 36.2 Å². The summed E-state index contributed by atoms with van der Waals surface area (Å²) in [6.07, 6.45) is 9.31. The number of carbonyl (C=O) groups excluding carboxylic acids is 1. The van der Waals surface area contributed by atoms with Crippen molar-refractivity contribution in [2.75, 3.05) is 0 Å². The highest BCUT2D eigenvalue weighted by atomic mass is 35.5. The van der Waals surface area contributed by atoms with Crippen molar-refractivity contribution in [2.24, 2.45) is 0 Å². The van der Waals surface area contributed by atoms with E-state index in [2.05, 4.69) is 10.1 Å². The Bertz CT molecular complexity index is 1490. The highest BCUT2D eigenvalue weighted by Gasteiger charge is 2.18. The van der Waals surface area contributed by atoms with Crippen molar-refractivity contribution in [2.45, 2.75) is 19.4 Å². The fraction of sp³-hybridized carbons (Fsp3) is 0.120. The summed E-state index contributed by atoms with van der Waals surface area (Å²) in [7, 11) is 0. The van der Waals surface area contributed by atoms with Gasteiger partial charge in [0.25, 0.3) is 11.5 Å². The van der Waals surface area contributed by atoms with Crippen LogP contribution < -0.4 is 5.56 Å². The van der Waals surface area contributed by atoms with Crippen molar-refractivity contribution in [3.05, 3.63) is 116 Å². The van der Waals surface area contributed by atoms with Crippen molar-refractivity contribution in [1.29, 1.82) is 0 Å². The van der Waals surface area contributed by atoms with E-state index in [-0.39, 0.29) is 11.5 Å². The summed E-state index contributed by atoms with van der Waals surface area (Å²) in [6, 6.07) is 14.4. The Morgan fingerprint density at radius 3 is 2.74 bits per heavy atom. The molecule has 0 bridgehead atoms. The largest absolute Gasteiger partial charge is 0.472 e. The maximum atomic E-state index is 13.1. The fourth-order valence-electron chi connectivity index (χ4n) is 3.65. The van der Waals surface area contributed by atoms with Crippen LogP contribution in [0.5, 0.6) is 0 Å². The minimum atomic E-state index is -0.288. The van der Waals surface area contributed by atoms with Gasteiger partial charge < -0.3 is 8.98 Å². The molecule has 0 amide bonds. The van der Waals surface area contributed by atoms with E-state index in [1.54, 1.807) is 29.2 Å². The quantitative estimate of drug-likeness (QED) is 0.323. The number of rotatable bonds is 7. The standard InChI is InChI=1S/C25H19ClN4O3S/c26-23-6-5-21(34-23)4-3-20-13-22(28-30(20)25(32)19-8-11-33-16-19)18-7-10-29(24(31)12-18)15-17-2-1-9-27-14-17/h1-2,5-14,16H,3-4,15H2. The number of furan rings is 1. The molecule has 5 aromatic heterocycles. The molecule has 5 rings (SSSR count).